The SMILES string of the molecule is CCNC(=O)CN(C)c1nc(NN)nc(OC(C)C)n1. The first-order chi connectivity index (χ1) is 9.46. The van der Waals surface area contributed by atoms with Gasteiger partial charge in [-0.1, -0.05) is 0 Å². The molecule has 0 aromatic carbocycles. The molecule has 0 spiro atoms. The van der Waals surface area contributed by atoms with Gasteiger partial charge in [0.1, 0.15) is 0 Å². The number of hydrazine groups is 1. The van der Waals surface area contributed by atoms with Gasteiger partial charge in [0.25, 0.3) is 0 Å². The fraction of sp³-hybridized carbons (Fsp3) is 0.636. The molecule has 1 rings (SSSR count). The molecule has 0 fully saturated rings. The van der Waals surface area contributed by atoms with Crippen LogP contribution in [0.2, 0.25) is 0 Å². The van der Waals surface area contributed by atoms with Crippen molar-refractivity contribution in [3.05, 3.63) is 0 Å². The van der Waals surface area contributed by atoms with Crippen LogP contribution in [0.4, 0.5) is 11.9 Å². The van der Waals surface area contributed by atoms with Crippen LogP contribution in [-0.2, 0) is 4.79 Å². The van der Waals surface area contributed by atoms with Crippen LogP contribution in [0.25, 0.3) is 0 Å². The minimum absolute atomic E-state index is 0.0791. The van der Waals surface area contributed by atoms with Crippen LogP contribution in [0.1, 0.15) is 20.8 Å². The Balaban J connectivity index is 2.89. The van der Waals surface area contributed by atoms with Gasteiger partial charge in [-0.3, -0.25) is 10.2 Å². The largest absolute Gasteiger partial charge is 0.461 e. The number of nitrogens with one attached hydrogen (secondary N) is 2. The van der Waals surface area contributed by atoms with Gasteiger partial charge in [-0.25, -0.2) is 5.84 Å². The van der Waals surface area contributed by atoms with E-state index in [1.807, 2.05) is 20.8 Å². The molecule has 1 aromatic heterocycles. The molecule has 4 N–H and O–H groups in total. The molecule has 0 saturated carbocycles. The summed E-state index contributed by atoms with van der Waals surface area (Å²) in [4.78, 5) is 25.3. The molecular formula is C11H21N7O2. The summed E-state index contributed by atoms with van der Waals surface area (Å²) in [6.07, 6.45) is -0.0791. The molecule has 0 aliphatic rings. The average Bonchev–Trinajstić information content (AvgIpc) is 2.37. The third-order valence-corrected chi connectivity index (χ3v) is 2.17. The van der Waals surface area contributed by atoms with Crippen LogP contribution in [0.5, 0.6) is 6.01 Å². The van der Waals surface area contributed by atoms with Crippen molar-refractivity contribution < 1.29 is 9.53 Å². The smallest absolute Gasteiger partial charge is 0.323 e. The fourth-order valence-corrected chi connectivity index (χ4v) is 1.38. The standard InChI is InChI=1S/C11H21N7O2/c1-5-13-8(19)6-18(4)10-14-9(17-12)15-11(16-10)20-7(2)3/h7H,5-6,12H2,1-4H3,(H,13,19)(H,14,15,16,17). The van der Waals surface area contributed by atoms with Crippen LogP contribution in [0.15, 0.2) is 0 Å². The maximum Gasteiger partial charge on any atom is 0.323 e. The molecule has 9 heteroatoms. The number of nitrogens with two attached hydrogens (primary N) is 1. The number of nitrogen functional groups attached to an aromatic ring is 1. The molecule has 9 nitrogen and oxygen atoms in total. The van der Waals surface area contributed by atoms with Crippen LogP contribution < -0.4 is 26.2 Å². The van der Waals surface area contributed by atoms with Crippen LogP contribution in [0, 0.1) is 0 Å². The molecule has 0 aliphatic carbocycles. The predicted molar refractivity (Wildman–Crippen MR) is 75.4 cm³/mol. The molecule has 20 heavy (non-hydrogen) atoms. The van der Waals surface area contributed by atoms with E-state index >= 15 is 0 Å². The molecule has 1 heterocycles. The second kappa shape index (κ2) is 7.43. The summed E-state index contributed by atoms with van der Waals surface area (Å²) in [6, 6.07) is 0.153. The Morgan fingerprint density at radius 2 is 2.10 bits per heavy atom. The number of likely N-dealkylation sites (N-methyl/N-ethyl adjacent to an activating group) is 2. The summed E-state index contributed by atoms with van der Waals surface area (Å²) < 4.78 is 5.41. The minimum Gasteiger partial charge on any atom is -0.461 e. The molecule has 0 unspecified atom stereocenters. The molecule has 0 radical (unpaired) electrons. The first kappa shape index (κ1) is 15.9. The zero-order valence-electron chi connectivity index (χ0n) is 12.2. The van der Waals surface area contributed by atoms with Crippen LogP contribution in [0.3, 0.4) is 0 Å². The molecule has 0 aliphatic heterocycles. The number of aromatic nitrogens is 3. The summed E-state index contributed by atoms with van der Waals surface area (Å²) in [5.74, 6) is 5.67. The molecule has 1 amide bonds. The summed E-state index contributed by atoms with van der Waals surface area (Å²) in [7, 11) is 1.70. The molecular weight excluding hydrogens is 262 g/mol. The van der Waals surface area contributed by atoms with Crippen molar-refractivity contribution in [2.75, 3.05) is 30.5 Å². The van der Waals surface area contributed by atoms with E-state index in [2.05, 4.69) is 25.7 Å². The van der Waals surface area contributed by atoms with Crippen molar-refractivity contribution >= 4 is 17.8 Å². The highest BCUT2D eigenvalue weighted by molar-refractivity contribution is 5.80. The van der Waals surface area contributed by atoms with Gasteiger partial charge >= 0.3 is 6.01 Å². The summed E-state index contributed by atoms with van der Waals surface area (Å²) in [5.41, 5.74) is 2.34. The van der Waals surface area contributed by atoms with E-state index in [0.29, 0.717) is 12.5 Å². The van der Waals surface area contributed by atoms with E-state index in [9.17, 15) is 4.79 Å². The number of hydrogen-bond acceptors (Lipinski definition) is 8. The molecule has 0 bridgehead atoms. The number of amides is 1. The first-order valence-corrected chi connectivity index (χ1v) is 6.33. The van der Waals surface area contributed by atoms with Gasteiger partial charge in [-0.05, 0) is 20.8 Å². The number of anilines is 2. The Bertz CT molecular complexity index is 452. The van der Waals surface area contributed by atoms with Crippen LogP contribution in [-0.4, -0.2) is 47.1 Å². The second-order valence-corrected chi connectivity index (χ2v) is 4.36. The normalized spacial score (nSPS) is 10.3. The lowest BCUT2D eigenvalue weighted by molar-refractivity contribution is -0.119. The Labute approximate surface area is 117 Å². The number of nitrogens with zero attached hydrogens (tertiary/aromatic N) is 4. The maximum atomic E-state index is 11.5. The van der Waals surface area contributed by atoms with Crippen molar-refractivity contribution in [3.63, 3.8) is 0 Å². The van der Waals surface area contributed by atoms with Gasteiger partial charge in [0.05, 0.1) is 12.6 Å². The van der Waals surface area contributed by atoms with Crippen molar-refractivity contribution in [3.8, 4) is 6.01 Å². The molecule has 0 saturated heterocycles. The summed E-state index contributed by atoms with van der Waals surface area (Å²) in [5, 5.41) is 2.70. The average molecular weight is 283 g/mol. The minimum atomic E-state index is -0.121. The Morgan fingerprint density at radius 3 is 2.65 bits per heavy atom. The number of carbonyl (C=O) groups excluding carboxylic acids is 1. The number of hydrogen-bond donors (Lipinski definition) is 3. The van der Waals surface area contributed by atoms with Crippen molar-refractivity contribution in [1.29, 1.82) is 0 Å². The summed E-state index contributed by atoms with van der Waals surface area (Å²) in [6.45, 7) is 6.27. The van der Waals surface area contributed by atoms with Crippen LogP contribution >= 0.6 is 0 Å². The Morgan fingerprint density at radius 1 is 1.40 bits per heavy atom. The van der Waals surface area contributed by atoms with Crippen molar-refractivity contribution in [2.45, 2.75) is 26.9 Å². The molecule has 112 valence electrons. The quantitative estimate of drug-likeness (QED) is 0.453. The van der Waals surface area contributed by atoms with Gasteiger partial charge < -0.3 is 15.0 Å². The van der Waals surface area contributed by atoms with E-state index in [1.165, 1.54) is 0 Å². The predicted octanol–water partition coefficient (Wildman–Crippen LogP) is -0.483. The van der Waals surface area contributed by atoms with E-state index in [-0.39, 0.29) is 30.5 Å². The third kappa shape index (κ3) is 4.84. The van der Waals surface area contributed by atoms with Gasteiger partial charge in [0, 0.05) is 13.6 Å². The van der Waals surface area contributed by atoms with E-state index in [1.54, 1.807) is 11.9 Å². The number of rotatable bonds is 7. The van der Waals surface area contributed by atoms with Gasteiger partial charge in [0.15, 0.2) is 0 Å². The lowest BCUT2D eigenvalue weighted by atomic mass is 10.5. The van der Waals surface area contributed by atoms with Crippen molar-refractivity contribution in [2.24, 2.45) is 5.84 Å². The fourth-order valence-electron chi connectivity index (χ4n) is 1.38. The van der Waals surface area contributed by atoms with E-state index < -0.39 is 0 Å². The highest BCUT2D eigenvalue weighted by Crippen LogP contribution is 2.14. The Hall–Kier alpha value is -2.16. The third-order valence-electron chi connectivity index (χ3n) is 2.17. The van der Waals surface area contributed by atoms with Crippen molar-refractivity contribution in [1.82, 2.24) is 20.3 Å². The monoisotopic (exact) mass is 283 g/mol. The number of carbonyl (C=O) groups is 1. The number of ether oxygens (including phenoxy) is 1. The lowest BCUT2D eigenvalue weighted by Crippen LogP contribution is -2.36. The van der Waals surface area contributed by atoms with E-state index in [4.69, 9.17) is 10.6 Å². The highest BCUT2D eigenvalue weighted by Gasteiger charge is 2.14. The Kier molecular flexibility index (Phi) is 5.91. The van der Waals surface area contributed by atoms with E-state index in [0.717, 1.165) is 0 Å². The zero-order chi connectivity index (χ0) is 15.1. The molecule has 0 atom stereocenters. The zero-order valence-corrected chi connectivity index (χ0v) is 12.2. The second-order valence-electron chi connectivity index (χ2n) is 4.36. The highest BCUT2D eigenvalue weighted by atomic mass is 16.5. The molecule has 1 aromatic rings. The van der Waals surface area contributed by atoms with Gasteiger partial charge in [0.2, 0.25) is 17.8 Å². The van der Waals surface area contributed by atoms with Gasteiger partial charge in [-0.2, -0.15) is 15.0 Å². The lowest BCUT2D eigenvalue weighted by Gasteiger charge is -2.18. The first-order valence-electron chi connectivity index (χ1n) is 6.33. The van der Waals surface area contributed by atoms with Gasteiger partial charge in [-0.15, -0.1) is 0 Å². The topological polar surface area (TPSA) is 118 Å². The maximum absolute atomic E-state index is 11.5. The summed E-state index contributed by atoms with van der Waals surface area (Å²) >= 11 is 0.